The Morgan fingerprint density at radius 2 is 1.81 bits per heavy atom. The van der Waals surface area contributed by atoms with E-state index in [-0.39, 0.29) is 11.8 Å². The molecule has 160 valence electrons. The maximum Gasteiger partial charge on any atom is 0.236 e. The van der Waals surface area contributed by atoms with Crippen LogP contribution in [-0.2, 0) is 14.8 Å². The fourth-order valence-electron chi connectivity index (χ4n) is 3.49. The van der Waals surface area contributed by atoms with Gasteiger partial charge in [0.25, 0.3) is 0 Å². The molecule has 0 aliphatic carbocycles. The van der Waals surface area contributed by atoms with E-state index in [0.717, 1.165) is 5.56 Å². The normalized spacial score (nSPS) is 15.9. The summed E-state index contributed by atoms with van der Waals surface area (Å²) in [5.41, 5.74) is 1.39. The van der Waals surface area contributed by atoms with Crippen molar-refractivity contribution < 1.29 is 13.2 Å². The number of pyridine rings is 1. The molecule has 31 heavy (non-hydrogen) atoms. The average molecular weight is 438 g/mol. The van der Waals surface area contributed by atoms with Crippen LogP contribution in [0.2, 0.25) is 0 Å². The Kier molecular flexibility index (Phi) is 6.24. The number of anilines is 1. The number of nitrogens with one attached hydrogen (secondary N) is 1. The lowest BCUT2D eigenvalue weighted by atomic mass is 9.97. The molecule has 0 bridgehead atoms. The molecule has 2 aromatic heterocycles. The zero-order valence-corrected chi connectivity index (χ0v) is 17.6. The maximum atomic E-state index is 12.8. The number of carbonyl (C=O) groups is 1. The molecule has 1 aliphatic rings. The molecule has 0 unspecified atom stereocenters. The summed E-state index contributed by atoms with van der Waals surface area (Å²) in [6, 6.07) is 14.6. The predicted octanol–water partition coefficient (Wildman–Crippen LogP) is 2.92. The molecule has 3 heterocycles. The largest absolute Gasteiger partial charge is 0.323 e. The van der Waals surface area contributed by atoms with E-state index in [4.69, 9.17) is 0 Å². The van der Waals surface area contributed by atoms with E-state index in [0.29, 0.717) is 37.4 Å². The topological polar surface area (TPSA) is 97.2 Å². The summed E-state index contributed by atoms with van der Waals surface area (Å²) in [5.74, 6) is 0.125. The molecular weight excluding hydrogens is 414 g/mol. The van der Waals surface area contributed by atoms with Crippen LogP contribution in [0, 0.1) is 5.92 Å². The van der Waals surface area contributed by atoms with Crippen molar-refractivity contribution in [3.63, 3.8) is 0 Å². The summed E-state index contributed by atoms with van der Waals surface area (Å²) in [4.78, 5) is 17.1. The molecule has 0 spiro atoms. The quantitative estimate of drug-likeness (QED) is 0.640. The van der Waals surface area contributed by atoms with Crippen molar-refractivity contribution >= 4 is 27.7 Å². The van der Waals surface area contributed by atoms with Crippen molar-refractivity contribution in [2.24, 2.45) is 5.92 Å². The number of hydrogen-bond acceptors (Lipinski definition) is 5. The molecule has 1 fully saturated rings. The molecule has 3 aromatic rings. The maximum absolute atomic E-state index is 12.8. The highest BCUT2D eigenvalue weighted by Gasteiger charge is 2.30. The van der Waals surface area contributed by atoms with Crippen LogP contribution in [0.5, 0.6) is 0 Å². The van der Waals surface area contributed by atoms with Gasteiger partial charge >= 0.3 is 0 Å². The van der Waals surface area contributed by atoms with Gasteiger partial charge in [0.15, 0.2) is 5.82 Å². The van der Waals surface area contributed by atoms with E-state index in [2.05, 4.69) is 15.4 Å². The van der Waals surface area contributed by atoms with Gasteiger partial charge in [-0.15, -0.1) is 0 Å². The van der Waals surface area contributed by atoms with Crippen molar-refractivity contribution in [1.29, 1.82) is 0 Å². The molecular formula is C22H23N5O3S. The number of benzene rings is 1. The number of carbonyl (C=O) groups excluding carboxylic acids is 1. The Morgan fingerprint density at radius 1 is 1.03 bits per heavy atom. The lowest BCUT2D eigenvalue weighted by Gasteiger charge is -2.29. The molecule has 1 amide bonds. The third-order valence-corrected chi connectivity index (χ3v) is 6.75. The molecule has 0 atom stereocenters. The van der Waals surface area contributed by atoms with Crippen LogP contribution < -0.4 is 5.32 Å². The van der Waals surface area contributed by atoms with E-state index in [1.165, 1.54) is 9.71 Å². The highest BCUT2D eigenvalue weighted by Crippen LogP contribution is 2.24. The SMILES string of the molecule is O=C(Nc1cccnc1-n1cccn1)C1CCN(S(=O)(=O)/C=C/c2ccccc2)CC1. The van der Waals surface area contributed by atoms with Crippen LogP contribution in [0.25, 0.3) is 11.9 Å². The van der Waals surface area contributed by atoms with Crippen LogP contribution in [-0.4, -0.2) is 46.5 Å². The molecule has 1 N–H and O–H groups in total. The van der Waals surface area contributed by atoms with Gasteiger partial charge in [-0.2, -0.15) is 9.40 Å². The highest BCUT2D eigenvalue weighted by atomic mass is 32.2. The van der Waals surface area contributed by atoms with Crippen LogP contribution in [0.15, 0.2) is 72.5 Å². The Bertz CT molecular complexity index is 1150. The van der Waals surface area contributed by atoms with E-state index < -0.39 is 10.0 Å². The first-order chi connectivity index (χ1) is 15.0. The summed E-state index contributed by atoms with van der Waals surface area (Å²) in [6.07, 6.45) is 7.54. The van der Waals surface area contributed by atoms with Crippen LogP contribution in [0.1, 0.15) is 18.4 Å². The zero-order chi connectivity index (χ0) is 21.7. The van der Waals surface area contributed by atoms with Gasteiger partial charge in [0.05, 0.1) is 5.69 Å². The Labute approximate surface area is 181 Å². The van der Waals surface area contributed by atoms with Crippen molar-refractivity contribution in [2.75, 3.05) is 18.4 Å². The predicted molar refractivity (Wildman–Crippen MR) is 119 cm³/mol. The summed E-state index contributed by atoms with van der Waals surface area (Å²) < 4.78 is 28.3. The monoisotopic (exact) mass is 437 g/mol. The molecule has 1 aromatic carbocycles. The van der Waals surface area contributed by atoms with E-state index in [9.17, 15) is 13.2 Å². The first-order valence-corrected chi connectivity index (χ1v) is 11.5. The van der Waals surface area contributed by atoms with Gasteiger partial charge in [-0.3, -0.25) is 4.79 Å². The number of aromatic nitrogens is 3. The first kappa shape index (κ1) is 21.0. The Hall–Kier alpha value is -3.30. The fraction of sp³-hybridized carbons (Fsp3) is 0.227. The van der Waals surface area contributed by atoms with Gasteiger partial charge in [0.2, 0.25) is 15.9 Å². The number of sulfonamides is 1. The van der Waals surface area contributed by atoms with E-state index in [1.54, 1.807) is 47.5 Å². The van der Waals surface area contributed by atoms with E-state index >= 15 is 0 Å². The Morgan fingerprint density at radius 3 is 2.52 bits per heavy atom. The highest BCUT2D eigenvalue weighted by molar-refractivity contribution is 7.92. The number of rotatable bonds is 6. The average Bonchev–Trinajstić information content (AvgIpc) is 3.34. The number of hydrogen-bond donors (Lipinski definition) is 1. The fourth-order valence-corrected chi connectivity index (χ4v) is 4.71. The second kappa shape index (κ2) is 9.23. The molecule has 0 radical (unpaired) electrons. The first-order valence-electron chi connectivity index (χ1n) is 10.0. The van der Waals surface area contributed by atoms with Gasteiger partial charge < -0.3 is 5.32 Å². The Balaban J connectivity index is 1.37. The third kappa shape index (κ3) is 5.07. The second-order valence-electron chi connectivity index (χ2n) is 7.25. The van der Waals surface area contributed by atoms with Crippen molar-refractivity contribution in [2.45, 2.75) is 12.8 Å². The van der Waals surface area contributed by atoms with Crippen molar-refractivity contribution in [3.05, 3.63) is 78.1 Å². The standard InChI is InChI=1S/C22H23N5O3S/c28-22(25-20-8-4-12-23-21(20)27-14-5-13-24-27)19-9-15-26(16-10-19)31(29,30)17-11-18-6-2-1-3-7-18/h1-8,11-14,17,19H,9-10,15-16H2,(H,25,28)/b17-11+. The smallest absolute Gasteiger partial charge is 0.236 e. The molecule has 1 aliphatic heterocycles. The third-order valence-electron chi connectivity index (χ3n) is 5.18. The number of piperidine rings is 1. The minimum Gasteiger partial charge on any atom is -0.323 e. The number of amides is 1. The van der Waals surface area contributed by atoms with Gasteiger partial charge in [-0.05, 0) is 42.7 Å². The van der Waals surface area contributed by atoms with Crippen LogP contribution in [0.4, 0.5) is 5.69 Å². The summed E-state index contributed by atoms with van der Waals surface area (Å²) in [5, 5.41) is 8.32. The second-order valence-corrected chi connectivity index (χ2v) is 9.06. The summed E-state index contributed by atoms with van der Waals surface area (Å²) in [7, 11) is -3.53. The van der Waals surface area contributed by atoms with Gasteiger partial charge in [-0.1, -0.05) is 30.3 Å². The lowest BCUT2D eigenvalue weighted by molar-refractivity contribution is -0.120. The lowest BCUT2D eigenvalue weighted by Crippen LogP contribution is -2.40. The molecule has 8 nitrogen and oxygen atoms in total. The minimum atomic E-state index is -3.53. The summed E-state index contributed by atoms with van der Waals surface area (Å²) >= 11 is 0. The van der Waals surface area contributed by atoms with Gasteiger partial charge in [0.1, 0.15) is 0 Å². The van der Waals surface area contributed by atoms with Gasteiger partial charge in [0, 0.05) is 43.0 Å². The zero-order valence-electron chi connectivity index (χ0n) is 16.8. The summed E-state index contributed by atoms with van der Waals surface area (Å²) in [6.45, 7) is 0.608. The number of nitrogens with zero attached hydrogens (tertiary/aromatic N) is 4. The molecule has 1 saturated heterocycles. The van der Waals surface area contributed by atoms with Crippen molar-refractivity contribution in [3.8, 4) is 5.82 Å². The molecule has 4 rings (SSSR count). The minimum absolute atomic E-state index is 0.140. The van der Waals surface area contributed by atoms with Gasteiger partial charge in [-0.25, -0.2) is 18.1 Å². The van der Waals surface area contributed by atoms with Crippen LogP contribution in [0.3, 0.4) is 0 Å². The van der Waals surface area contributed by atoms with E-state index in [1.807, 2.05) is 30.3 Å². The molecule has 9 heteroatoms. The molecule has 0 saturated carbocycles. The van der Waals surface area contributed by atoms with Crippen LogP contribution >= 0.6 is 0 Å². The van der Waals surface area contributed by atoms with Crippen molar-refractivity contribution in [1.82, 2.24) is 19.1 Å².